The molecule has 7 nitrogen and oxygen atoms in total. The van der Waals surface area contributed by atoms with E-state index in [1.54, 1.807) is 37.3 Å². The molecule has 1 atom stereocenters. The van der Waals surface area contributed by atoms with Crippen molar-refractivity contribution >= 4 is 11.6 Å². The molecule has 0 aliphatic carbocycles. The topological polar surface area (TPSA) is 99.1 Å². The SMILES string of the molecule is CCn1c(=O)c(C(=O)CNC(C(C)(C)C)C(F)(F)F)c(N)n(Cc2ccccc2)c1=O. The molecule has 1 unspecified atom stereocenters. The van der Waals surface area contributed by atoms with Crippen LogP contribution in [0.2, 0.25) is 0 Å². The largest absolute Gasteiger partial charge is 0.404 e. The molecule has 1 aromatic carbocycles. The van der Waals surface area contributed by atoms with Crippen molar-refractivity contribution in [3.63, 3.8) is 0 Å². The van der Waals surface area contributed by atoms with Crippen molar-refractivity contribution in [1.82, 2.24) is 14.5 Å². The van der Waals surface area contributed by atoms with Crippen molar-refractivity contribution in [2.75, 3.05) is 12.3 Å². The molecule has 0 radical (unpaired) electrons. The molecule has 10 heteroatoms. The van der Waals surface area contributed by atoms with Crippen LogP contribution in [-0.2, 0) is 13.1 Å². The number of nitrogens with two attached hydrogens (primary N) is 1. The standard InChI is InChI=1S/C21H27F3N4O3/c1-5-27-17(30)15(14(29)11-26-18(20(2,3)4)21(22,23)24)16(25)28(19(27)31)12-13-9-7-6-8-10-13/h6-10,18,26H,5,11-12,25H2,1-4H3. The van der Waals surface area contributed by atoms with Crippen LogP contribution in [-0.4, -0.2) is 33.7 Å². The summed E-state index contributed by atoms with van der Waals surface area (Å²) in [5, 5.41) is 2.21. The lowest BCUT2D eigenvalue weighted by atomic mass is 9.86. The fraction of sp³-hybridized carbons (Fsp3) is 0.476. The minimum absolute atomic E-state index is 0.00661. The third-order valence-corrected chi connectivity index (χ3v) is 4.91. The minimum atomic E-state index is -4.60. The second-order valence-electron chi connectivity index (χ2n) is 8.31. The third kappa shape index (κ3) is 5.43. The summed E-state index contributed by atoms with van der Waals surface area (Å²) in [6, 6.07) is 6.81. The molecule has 0 aliphatic heterocycles. The highest BCUT2D eigenvalue weighted by molar-refractivity contribution is 6.01. The summed E-state index contributed by atoms with van der Waals surface area (Å²) in [4.78, 5) is 38.2. The van der Waals surface area contributed by atoms with Crippen LogP contribution in [0.3, 0.4) is 0 Å². The molecule has 1 aromatic heterocycles. The van der Waals surface area contributed by atoms with Crippen LogP contribution in [0.4, 0.5) is 19.0 Å². The number of anilines is 1. The van der Waals surface area contributed by atoms with E-state index >= 15 is 0 Å². The maximum Gasteiger partial charge on any atom is 0.404 e. The van der Waals surface area contributed by atoms with E-state index in [0.717, 1.165) is 9.13 Å². The summed E-state index contributed by atoms with van der Waals surface area (Å²) in [5.41, 5.74) is 3.39. The predicted octanol–water partition coefficient (Wildman–Crippen LogP) is 2.41. The summed E-state index contributed by atoms with van der Waals surface area (Å²) in [7, 11) is 0. The van der Waals surface area contributed by atoms with Crippen LogP contribution in [0.25, 0.3) is 0 Å². The lowest BCUT2D eigenvalue weighted by Gasteiger charge is -2.33. The molecule has 0 bridgehead atoms. The van der Waals surface area contributed by atoms with Gasteiger partial charge in [0.25, 0.3) is 5.56 Å². The minimum Gasteiger partial charge on any atom is -0.384 e. The highest BCUT2D eigenvalue weighted by atomic mass is 19.4. The normalized spacial score (nSPS) is 13.3. The van der Waals surface area contributed by atoms with Crippen molar-refractivity contribution in [1.29, 1.82) is 0 Å². The number of alkyl halides is 3. The fourth-order valence-corrected chi connectivity index (χ4v) is 3.37. The van der Waals surface area contributed by atoms with Crippen molar-refractivity contribution in [3.05, 3.63) is 62.3 Å². The molecule has 0 amide bonds. The van der Waals surface area contributed by atoms with Gasteiger partial charge in [-0.25, -0.2) is 4.79 Å². The molecular weight excluding hydrogens is 413 g/mol. The maximum absolute atomic E-state index is 13.4. The predicted molar refractivity (Wildman–Crippen MR) is 112 cm³/mol. The number of hydrogen-bond donors (Lipinski definition) is 2. The Kier molecular flexibility index (Phi) is 7.15. The first-order valence-electron chi connectivity index (χ1n) is 9.79. The number of rotatable bonds is 7. The molecule has 0 saturated heterocycles. The Morgan fingerprint density at radius 2 is 1.68 bits per heavy atom. The summed E-state index contributed by atoms with van der Waals surface area (Å²) >= 11 is 0. The Hall–Kier alpha value is -2.88. The van der Waals surface area contributed by atoms with Crippen molar-refractivity contribution in [2.45, 2.75) is 53.0 Å². The summed E-state index contributed by atoms with van der Waals surface area (Å²) in [5.74, 6) is -1.28. The van der Waals surface area contributed by atoms with Gasteiger partial charge < -0.3 is 5.73 Å². The molecule has 3 N–H and O–H groups in total. The van der Waals surface area contributed by atoms with Gasteiger partial charge in [0.2, 0.25) is 0 Å². The molecule has 1 heterocycles. The van der Waals surface area contributed by atoms with Gasteiger partial charge in [-0.2, -0.15) is 13.2 Å². The van der Waals surface area contributed by atoms with Gasteiger partial charge in [0.15, 0.2) is 5.78 Å². The second-order valence-corrected chi connectivity index (χ2v) is 8.31. The van der Waals surface area contributed by atoms with Gasteiger partial charge in [-0.1, -0.05) is 51.1 Å². The van der Waals surface area contributed by atoms with Gasteiger partial charge in [0.05, 0.1) is 13.1 Å². The smallest absolute Gasteiger partial charge is 0.384 e. The average Bonchev–Trinajstić information content (AvgIpc) is 2.64. The summed E-state index contributed by atoms with van der Waals surface area (Å²) in [6.07, 6.45) is -4.60. The first-order valence-corrected chi connectivity index (χ1v) is 9.79. The number of nitrogens with zero attached hydrogens (tertiary/aromatic N) is 2. The summed E-state index contributed by atoms with van der Waals surface area (Å²) < 4.78 is 42.1. The van der Waals surface area contributed by atoms with Gasteiger partial charge in [-0.15, -0.1) is 0 Å². The van der Waals surface area contributed by atoms with E-state index in [2.05, 4.69) is 5.32 Å². The number of nitrogens with one attached hydrogen (secondary N) is 1. The number of ketones is 1. The number of halogens is 3. The van der Waals surface area contributed by atoms with Crippen LogP contribution in [0.15, 0.2) is 39.9 Å². The number of carbonyl (C=O) groups is 1. The molecule has 170 valence electrons. The van der Waals surface area contributed by atoms with Crippen LogP contribution in [0, 0.1) is 5.41 Å². The van der Waals surface area contributed by atoms with E-state index in [4.69, 9.17) is 5.73 Å². The first kappa shape index (κ1) is 24.4. The number of benzene rings is 1. The zero-order valence-corrected chi connectivity index (χ0v) is 17.9. The highest BCUT2D eigenvalue weighted by Gasteiger charge is 2.46. The van der Waals surface area contributed by atoms with Crippen LogP contribution >= 0.6 is 0 Å². The number of Topliss-reactive ketones (excluding diaryl/α,β-unsaturated/α-hetero) is 1. The quantitative estimate of drug-likeness (QED) is 0.645. The van der Waals surface area contributed by atoms with E-state index in [9.17, 15) is 27.6 Å². The third-order valence-electron chi connectivity index (χ3n) is 4.91. The molecule has 31 heavy (non-hydrogen) atoms. The van der Waals surface area contributed by atoms with Gasteiger partial charge in [-0.3, -0.25) is 24.0 Å². The zero-order valence-electron chi connectivity index (χ0n) is 17.9. The Morgan fingerprint density at radius 3 is 2.16 bits per heavy atom. The summed E-state index contributed by atoms with van der Waals surface area (Å²) in [6.45, 7) is 4.95. The Balaban J connectivity index is 2.48. The van der Waals surface area contributed by atoms with Crippen molar-refractivity contribution < 1.29 is 18.0 Å². The Labute approximate surface area is 177 Å². The van der Waals surface area contributed by atoms with Crippen molar-refractivity contribution in [2.24, 2.45) is 5.41 Å². The first-order chi connectivity index (χ1) is 14.3. The van der Waals surface area contributed by atoms with Gasteiger partial charge >= 0.3 is 11.9 Å². The van der Waals surface area contributed by atoms with E-state index in [0.29, 0.717) is 5.56 Å². The number of nitrogen functional groups attached to an aromatic ring is 1. The van der Waals surface area contributed by atoms with E-state index in [-0.39, 0.29) is 18.9 Å². The molecule has 0 saturated carbocycles. The Bertz CT molecular complexity index is 1040. The van der Waals surface area contributed by atoms with Gasteiger partial charge in [0, 0.05) is 6.54 Å². The van der Waals surface area contributed by atoms with E-state index in [1.165, 1.54) is 20.8 Å². The molecule has 0 spiro atoms. The number of carbonyl (C=O) groups excluding carboxylic acids is 1. The van der Waals surface area contributed by atoms with Crippen LogP contribution < -0.4 is 22.3 Å². The average molecular weight is 440 g/mol. The lowest BCUT2D eigenvalue weighted by molar-refractivity contribution is -0.176. The molecule has 2 rings (SSSR count). The molecular formula is C21H27F3N4O3. The second kappa shape index (κ2) is 9.09. The number of aromatic nitrogens is 2. The fourth-order valence-electron chi connectivity index (χ4n) is 3.37. The van der Waals surface area contributed by atoms with Crippen LogP contribution in [0.5, 0.6) is 0 Å². The van der Waals surface area contributed by atoms with Crippen molar-refractivity contribution in [3.8, 4) is 0 Å². The Morgan fingerprint density at radius 1 is 1.10 bits per heavy atom. The maximum atomic E-state index is 13.4. The zero-order chi connectivity index (χ0) is 23.6. The van der Waals surface area contributed by atoms with E-state index in [1.807, 2.05) is 0 Å². The monoisotopic (exact) mass is 440 g/mol. The van der Waals surface area contributed by atoms with E-state index < -0.39 is 46.8 Å². The van der Waals surface area contributed by atoms with Crippen LogP contribution in [0.1, 0.15) is 43.6 Å². The molecule has 0 aliphatic rings. The van der Waals surface area contributed by atoms with Gasteiger partial charge in [0.1, 0.15) is 17.4 Å². The lowest BCUT2D eigenvalue weighted by Crippen LogP contribution is -2.53. The number of hydrogen-bond acceptors (Lipinski definition) is 5. The molecule has 0 fully saturated rings. The van der Waals surface area contributed by atoms with Gasteiger partial charge in [-0.05, 0) is 17.9 Å². The molecule has 2 aromatic rings. The highest BCUT2D eigenvalue weighted by Crippen LogP contribution is 2.33.